The minimum atomic E-state index is -0.231. The summed E-state index contributed by atoms with van der Waals surface area (Å²) in [4.78, 5) is 24.9. The number of nitrogens with one attached hydrogen (secondary N) is 2. The molecule has 0 aliphatic carbocycles. The van der Waals surface area contributed by atoms with E-state index in [0.29, 0.717) is 16.1 Å². The molecule has 2 unspecified atom stereocenters. The van der Waals surface area contributed by atoms with E-state index in [1.807, 2.05) is 25.3 Å². The third kappa shape index (κ3) is 4.64. The van der Waals surface area contributed by atoms with Gasteiger partial charge in [0.2, 0.25) is 0 Å². The van der Waals surface area contributed by atoms with Crippen LogP contribution in [0.25, 0.3) is 0 Å². The number of carbonyl (C=O) groups excluding carboxylic acids is 2. The first-order chi connectivity index (χ1) is 11.0. The van der Waals surface area contributed by atoms with Gasteiger partial charge in [0.05, 0.1) is 4.88 Å². The second kappa shape index (κ2) is 7.89. The largest absolute Gasteiger partial charge is 0.396 e. The van der Waals surface area contributed by atoms with Crippen molar-refractivity contribution in [1.29, 1.82) is 0 Å². The Balaban J connectivity index is 2.04. The lowest BCUT2D eigenvalue weighted by molar-refractivity contribution is 0.0915. The van der Waals surface area contributed by atoms with Crippen LogP contribution in [0.15, 0.2) is 41.8 Å². The van der Waals surface area contributed by atoms with Crippen molar-refractivity contribution in [2.75, 3.05) is 11.9 Å². The van der Waals surface area contributed by atoms with Crippen LogP contribution in [0.2, 0.25) is 0 Å². The van der Waals surface area contributed by atoms with E-state index in [1.165, 1.54) is 11.3 Å². The van der Waals surface area contributed by atoms with Crippen LogP contribution in [-0.2, 0) is 0 Å². The highest BCUT2D eigenvalue weighted by Crippen LogP contribution is 2.15. The Morgan fingerprint density at radius 1 is 1.17 bits per heavy atom. The van der Waals surface area contributed by atoms with Crippen LogP contribution in [0.4, 0.5) is 5.69 Å². The van der Waals surface area contributed by atoms with Crippen molar-refractivity contribution in [3.05, 3.63) is 52.2 Å². The zero-order valence-corrected chi connectivity index (χ0v) is 13.9. The first-order valence-electron chi connectivity index (χ1n) is 7.38. The number of hydrogen-bond donors (Lipinski definition) is 3. The number of benzene rings is 1. The number of amides is 2. The molecule has 2 rings (SSSR count). The maximum Gasteiger partial charge on any atom is 0.265 e. The van der Waals surface area contributed by atoms with Gasteiger partial charge in [0.15, 0.2) is 0 Å². The second-order valence-electron chi connectivity index (χ2n) is 5.43. The van der Waals surface area contributed by atoms with Crippen molar-refractivity contribution in [3.8, 4) is 0 Å². The van der Waals surface area contributed by atoms with E-state index in [1.54, 1.807) is 30.3 Å². The molecule has 0 aliphatic heterocycles. The molecule has 0 fully saturated rings. The van der Waals surface area contributed by atoms with Gasteiger partial charge in [0.1, 0.15) is 0 Å². The third-order valence-corrected chi connectivity index (χ3v) is 4.50. The summed E-state index contributed by atoms with van der Waals surface area (Å²) in [6.45, 7) is 3.72. The summed E-state index contributed by atoms with van der Waals surface area (Å²) in [5.74, 6) is -0.453. The molecule has 0 spiro atoms. The molecule has 2 aromatic rings. The Bertz CT molecular complexity index is 670. The Hall–Kier alpha value is -2.18. The average molecular weight is 332 g/mol. The quantitative estimate of drug-likeness (QED) is 0.761. The van der Waals surface area contributed by atoms with E-state index in [9.17, 15) is 9.59 Å². The van der Waals surface area contributed by atoms with Crippen molar-refractivity contribution >= 4 is 28.8 Å². The van der Waals surface area contributed by atoms with Crippen molar-refractivity contribution in [1.82, 2.24) is 5.32 Å². The smallest absolute Gasteiger partial charge is 0.265 e. The Labute approximate surface area is 139 Å². The highest BCUT2D eigenvalue weighted by atomic mass is 32.1. The minimum absolute atomic E-state index is 0.0123. The van der Waals surface area contributed by atoms with Gasteiger partial charge < -0.3 is 15.7 Å². The molecular formula is C17H20N2O3S. The highest BCUT2D eigenvalue weighted by molar-refractivity contribution is 7.12. The van der Waals surface area contributed by atoms with Gasteiger partial charge in [-0.2, -0.15) is 0 Å². The molecule has 1 heterocycles. The van der Waals surface area contributed by atoms with Gasteiger partial charge >= 0.3 is 0 Å². The molecule has 2 atom stereocenters. The fraction of sp³-hybridized carbons (Fsp3) is 0.294. The molecule has 5 nitrogen and oxygen atoms in total. The van der Waals surface area contributed by atoms with Crippen LogP contribution in [0.3, 0.4) is 0 Å². The van der Waals surface area contributed by atoms with E-state index in [2.05, 4.69) is 10.6 Å². The van der Waals surface area contributed by atoms with Crippen LogP contribution >= 0.6 is 11.3 Å². The molecule has 1 aromatic heterocycles. The number of anilines is 1. The van der Waals surface area contributed by atoms with Gasteiger partial charge in [-0.25, -0.2) is 0 Å². The molecule has 0 radical (unpaired) electrons. The summed E-state index contributed by atoms with van der Waals surface area (Å²) >= 11 is 1.36. The second-order valence-corrected chi connectivity index (χ2v) is 6.38. The molecule has 6 heteroatoms. The maximum absolute atomic E-state index is 12.2. The predicted molar refractivity (Wildman–Crippen MR) is 91.9 cm³/mol. The average Bonchev–Trinajstić information content (AvgIpc) is 3.08. The number of rotatable bonds is 6. The van der Waals surface area contributed by atoms with Crippen LogP contribution in [0, 0.1) is 5.92 Å². The molecule has 0 saturated heterocycles. The topological polar surface area (TPSA) is 78.4 Å². The van der Waals surface area contributed by atoms with Crippen molar-refractivity contribution in [3.63, 3.8) is 0 Å². The molecule has 0 aliphatic rings. The van der Waals surface area contributed by atoms with E-state index in [-0.39, 0.29) is 30.4 Å². The first-order valence-corrected chi connectivity index (χ1v) is 8.26. The fourth-order valence-electron chi connectivity index (χ4n) is 1.93. The van der Waals surface area contributed by atoms with Crippen molar-refractivity contribution in [2.45, 2.75) is 19.9 Å². The van der Waals surface area contributed by atoms with E-state index < -0.39 is 0 Å². The number of thiophene rings is 1. The van der Waals surface area contributed by atoms with Crippen LogP contribution in [-0.4, -0.2) is 29.6 Å². The summed E-state index contributed by atoms with van der Waals surface area (Å²) in [6, 6.07) is 10.2. The number of aliphatic hydroxyl groups is 1. The summed E-state index contributed by atoms with van der Waals surface area (Å²) < 4.78 is 0. The fourth-order valence-corrected chi connectivity index (χ4v) is 2.55. The van der Waals surface area contributed by atoms with Crippen LogP contribution < -0.4 is 10.6 Å². The standard InChI is InChI=1S/C17H20N2O3S/c1-11(10-20)12(2)18-16(21)13-5-3-6-14(9-13)19-17(22)15-7-4-8-23-15/h3-9,11-12,20H,10H2,1-2H3,(H,18,21)(H,19,22). The summed E-state index contributed by atoms with van der Waals surface area (Å²) in [5.41, 5.74) is 1.03. The number of carbonyl (C=O) groups is 2. The normalized spacial score (nSPS) is 13.2. The Morgan fingerprint density at radius 2 is 1.96 bits per heavy atom. The van der Waals surface area contributed by atoms with E-state index >= 15 is 0 Å². The van der Waals surface area contributed by atoms with Gasteiger partial charge in [-0.15, -0.1) is 11.3 Å². The van der Waals surface area contributed by atoms with Gasteiger partial charge in [-0.05, 0) is 42.5 Å². The van der Waals surface area contributed by atoms with Crippen LogP contribution in [0.5, 0.6) is 0 Å². The molecule has 122 valence electrons. The molecule has 0 saturated carbocycles. The Kier molecular flexibility index (Phi) is 5.90. The zero-order valence-electron chi connectivity index (χ0n) is 13.1. The van der Waals surface area contributed by atoms with E-state index in [0.717, 1.165) is 0 Å². The number of hydrogen-bond acceptors (Lipinski definition) is 4. The molecular weight excluding hydrogens is 312 g/mol. The lowest BCUT2D eigenvalue weighted by atomic mass is 10.0. The maximum atomic E-state index is 12.2. The molecule has 1 aromatic carbocycles. The number of aliphatic hydroxyl groups excluding tert-OH is 1. The molecule has 23 heavy (non-hydrogen) atoms. The summed E-state index contributed by atoms with van der Waals surface area (Å²) in [6.07, 6.45) is 0. The van der Waals surface area contributed by atoms with Gasteiger partial charge in [0.25, 0.3) is 11.8 Å². The first kappa shape index (κ1) is 17.2. The highest BCUT2D eigenvalue weighted by Gasteiger charge is 2.15. The predicted octanol–water partition coefficient (Wildman–Crippen LogP) is 2.75. The SMILES string of the molecule is CC(CO)C(C)NC(=O)c1cccc(NC(=O)c2cccs2)c1. The lowest BCUT2D eigenvalue weighted by Crippen LogP contribution is -2.38. The molecule has 3 N–H and O–H groups in total. The monoisotopic (exact) mass is 332 g/mol. The summed E-state index contributed by atoms with van der Waals surface area (Å²) in [5, 5.41) is 16.6. The molecule has 2 amide bonds. The zero-order chi connectivity index (χ0) is 16.8. The Morgan fingerprint density at radius 3 is 2.61 bits per heavy atom. The lowest BCUT2D eigenvalue weighted by Gasteiger charge is -2.19. The minimum Gasteiger partial charge on any atom is -0.396 e. The van der Waals surface area contributed by atoms with Crippen LogP contribution in [0.1, 0.15) is 33.9 Å². The van der Waals surface area contributed by atoms with Crippen molar-refractivity contribution < 1.29 is 14.7 Å². The van der Waals surface area contributed by atoms with Gasteiger partial charge in [-0.3, -0.25) is 9.59 Å². The summed E-state index contributed by atoms with van der Waals surface area (Å²) in [7, 11) is 0. The van der Waals surface area contributed by atoms with Gasteiger partial charge in [-0.1, -0.05) is 19.1 Å². The molecule has 0 bridgehead atoms. The third-order valence-electron chi connectivity index (χ3n) is 3.63. The van der Waals surface area contributed by atoms with Crippen molar-refractivity contribution in [2.24, 2.45) is 5.92 Å². The van der Waals surface area contributed by atoms with E-state index in [4.69, 9.17) is 5.11 Å². The van der Waals surface area contributed by atoms with Gasteiger partial charge in [0, 0.05) is 23.9 Å².